The minimum atomic E-state index is -0.128. The predicted octanol–water partition coefficient (Wildman–Crippen LogP) is 5.90. The molecule has 1 aliphatic rings. The summed E-state index contributed by atoms with van der Waals surface area (Å²) in [6.45, 7) is 7.79. The Morgan fingerprint density at radius 2 is 2.15 bits per heavy atom. The normalized spacial score (nSPS) is 15.5. The van der Waals surface area contributed by atoms with E-state index in [2.05, 4.69) is 16.5 Å². The molecule has 3 heterocycles. The van der Waals surface area contributed by atoms with Crippen LogP contribution >= 0.6 is 34.5 Å². The smallest absolute Gasteiger partial charge is 0.253 e. The van der Waals surface area contributed by atoms with Gasteiger partial charge in [0.15, 0.2) is 0 Å². The zero-order valence-electron chi connectivity index (χ0n) is 18.3. The predicted molar refractivity (Wildman–Crippen MR) is 133 cm³/mol. The highest BCUT2D eigenvalue weighted by Crippen LogP contribution is 2.30. The zero-order valence-corrected chi connectivity index (χ0v) is 20.6. The summed E-state index contributed by atoms with van der Waals surface area (Å²) in [6, 6.07) is 6.99. The molecule has 1 saturated heterocycles. The van der Waals surface area contributed by atoms with E-state index in [-0.39, 0.29) is 12.0 Å². The Hall–Kier alpha value is -2.32. The van der Waals surface area contributed by atoms with Gasteiger partial charge in [-0.15, -0.1) is 17.9 Å². The molecule has 4 rings (SSSR count). The van der Waals surface area contributed by atoms with Crippen molar-refractivity contribution >= 4 is 40.4 Å². The van der Waals surface area contributed by atoms with Crippen molar-refractivity contribution in [1.82, 2.24) is 14.9 Å². The molecule has 0 radical (unpaired) electrons. The molecule has 1 aromatic carbocycles. The van der Waals surface area contributed by atoms with Crippen molar-refractivity contribution < 1.29 is 14.3 Å². The molecule has 174 valence electrons. The summed E-state index contributed by atoms with van der Waals surface area (Å²) in [4.78, 5) is 17.5. The molecule has 6 nitrogen and oxygen atoms in total. The third-order valence-corrected chi connectivity index (χ3v) is 6.70. The van der Waals surface area contributed by atoms with Crippen LogP contribution in [0.5, 0.6) is 5.75 Å². The number of thiazole rings is 1. The standard InChI is InChI=1S/C24H25Cl2N3O3S/c1-3-6-27-24(30)20-11-22(29(15(20)2)12-18-5-4-7-31-18)21-14-33-23(28-21)13-32-19-9-16(25)8-17(26)10-19/h3,8-11,14,18H,1,4-7,12-13H2,2H3,(H,27,30). The van der Waals surface area contributed by atoms with Crippen LogP contribution in [0.25, 0.3) is 11.4 Å². The molecule has 0 saturated carbocycles. The lowest BCUT2D eigenvalue weighted by atomic mass is 10.2. The maximum atomic E-state index is 12.7. The Bertz CT molecular complexity index is 1130. The summed E-state index contributed by atoms with van der Waals surface area (Å²) in [6.07, 6.45) is 3.86. The fourth-order valence-electron chi connectivity index (χ4n) is 3.83. The minimum Gasteiger partial charge on any atom is -0.486 e. The number of hydrogen-bond acceptors (Lipinski definition) is 5. The zero-order chi connectivity index (χ0) is 23.4. The van der Waals surface area contributed by atoms with Gasteiger partial charge in [0.25, 0.3) is 5.91 Å². The molecular weight excluding hydrogens is 481 g/mol. The molecule has 1 aliphatic heterocycles. The first-order chi connectivity index (χ1) is 15.9. The van der Waals surface area contributed by atoms with Gasteiger partial charge in [0.05, 0.1) is 23.1 Å². The second-order valence-electron chi connectivity index (χ2n) is 7.79. The van der Waals surface area contributed by atoms with Gasteiger partial charge in [-0.3, -0.25) is 4.79 Å². The van der Waals surface area contributed by atoms with Crippen molar-refractivity contribution in [3.05, 3.63) is 68.6 Å². The van der Waals surface area contributed by atoms with Crippen LogP contribution < -0.4 is 10.1 Å². The summed E-state index contributed by atoms with van der Waals surface area (Å²) in [7, 11) is 0. The van der Waals surface area contributed by atoms with Gasteiger partial charge in [0.2, 0.25) is 0 Å². The number of hydrogen-bond donors (Lipinski definition) is 1. The monoisotopic (exact) mass is 505 g/mol. The van der Waals surface area contributed by atoms with Crippen molar-refractivity contribution in [1.29, 1.82) is 0 Å². The number of amides is 1. The second kappa shape index (κ2) is 10.7. The van der Waals surface area contributed by atoms with E-state index in [1.807, 2.05) is 18.4 Å². The number of rotatable bonds is 9. The fraction of sp³-hybridized carbons (Fsp3) is 0.333. The Balaban J connectivity index is 1.58. The third-order valence-electron chi connectivity index (χ3n) is 5.44. The summed E-state index contributed by atoms with van der Waals surface area (Å²) >= 11 is 13.6. The Labute approximate surface area is 207 Å². The number of nitrogens with one attached hydrogen (secondary N) is 1. The van der Waals surface area contributed by atoms with Gasteiger partial charge in [0, 0.05) is 40.8 Å². The quantitative estimate of drug-likeness (QED) is 0.367. The lowest BCUT2D eigenvalue weighted by Crippen LogP contribution is -2.24. The van der Waals surface area contributed by atoms with Crippen molar-refractivity contribution in [3.8, 4) is 17.1 Å². The van der Waals surface area contributed by atoms with Gasteiger partial charge in [-0.05, 0) is 44.0 Å². The summed E-state index contributed by atoms with van der Waals surface area (Å²) in [5, 5.41) is 6.69. The fourth-order valence-corrected chi connectivity index (χ4v) is 5.03. The molecule has 2 aromatic heterocycles. The maximum absolute atomic E-state index is 12.7. The summed E-state index contributed by atoms with van der Waals surface area (Å²) < 4.78 is 13.8. The number of benzene rings is 1. The average molecular weight is 506 g/mol. The number of carbonyl (C=O) groups is 1. The van der Waals surface area contributed by atoms with E-state index in [1.165, 1.54) is 11.3 Å². The number of aromatic nitrogens is 2. The van der Waals surface area contributed by atoms with Crippen molar-refractivity contribution in [2.24, 2.45) is 0 Å². The molecule has 0 spiro atoms. The van der Waals surface area contributed by atoms with Crippen LogP contribution in [0.2, 0.25) is 10.0 Å². The molecule has 0 aliphatic carbocycles. The molecule has 1 amide bonds. The maximum Gasteiger partial charge on any atom is 0.253 e. The molecule has 1 fully saturated rings. The van der Waals surface area contributed by atoms with Gasteiger partial charge >= 0.3 is 0 Å². The topological polar surface area (TPSA) is 65.4 Å². The van der Waals surface area contributed by atoms with E-state index < -0.39 is 0 Å². The van der Waals surface area contributed by atoms with Gasteiger partial charge in [-0.2, -0.15) is 0 Å². The van der Waals surface area contributed by atoms with Crippen LogP contribution in [-0.2, 0) is 17.9 Å². The first-order valence-electron chi connectivity index (χ1n) is 10.7. The van der Waals surface area contributed by atoms with Gasteiger partial charge in [0.1, 0.15) is 17.4 Å². The Morgan fingerprint density at radius 3 is 2.85 bits per heavy atom. The molecule has 1 atom stereocenters. The Morgan fingerprint density at radius 1 is 1.36 bits per heavy atom. The number of nitrogens with zero attached hydrogens (tertiary/aromatic N) is 2. The van der Waals surface area contributed by atoms with Crippen molar-refractivity contribution in [2.75, 3.05) is 13.2 Å². The van der Waals surface area contributed by atoms with Crippen LogP contribution in [0.1, 0.15) is 33.9 Å². The highest BCUT2D eigenvalue weighted by atomic mass is 35.5. The molecule has 3 aromatic rings. The highest BCUT2D eigenvalue weighted by Gasteiger charge is 2.24. The Kier molecular flexibility index (Phi) is 7.75. The van der Waals surface area contributed by atoms with E-state index in [4.69, 9.17) is 37.7 Å². The van der Waals surface area contributed by atoms with Crippen LogP contribution in [0.15, 0.2) is 42.3 Å². The first kappa shape index (κ1) is 23.8. The van der Waals surface area contributed by atoms with E-state index >= 15 is 0 Å². The van der Waals surface area contributed by atoms with Crippen LogP contribution in [-0.4, -0.2) is 34.7 Å². The van der Waals surface area contributed by atoms with Crippen molar-refractivity contribution in [3.63, 3.8) is 0 Å². The molecule has 33 heavy (non-hydrogen) atoms. The van der Waals surface area contributed by atoms with Gasteiger partial charge in [-0.25, -0.2) is 4.98 Å². The molecular formula is C24H25Cl2N3O3S. The SMILES string of the molecule is C=CCNC(=O)c1cc(-c2csc(COc3cc(Cl)cc(Cl)c3)n2)n(CC2CCCO2)c1C. The summed E-state index contributed by atoms with van der Waals surface area (Å²) in [5.41, 5.74) is 3.21. The molecule has 1 unspecified atom stereocenters. The van der Waals surface area contributed by atoms with E-state index in [0.717, 1.165) is 41.5 Å². The van der Waals surface area contributed by atoms with Crippen LogP contribution in [0.4, 0.5) is 0 Å². The van der Waals surface area contributed by atoms with Gasteiger partial charge < -0.3 is 19.4 Å². The van der Waals surface area contributed by atoms with Gasteiger partial charge in [-0.1, -0.05) is 29.3 Å². The molecule has 0 bridgehead atoms. The van der Waals surface area contributed by atoms with E-state index in [1.54, 1.807) is 24.3 Å². The third kappa shape index (κ3) is 5.79. The number of carbonyl (C=O) groups excluding carboxylic acids is 1. The lowest BCUT2D eigenvalue weighted by molar-refractivity contribution is 0.0944. The molecule has 1 N–H and O–H groups in total. The van der Waals surface area contributed by atoms with Crippen molar-refractivity contribution in [2.45, 2.75) is 39.0 Å². The molecule has 9 heteroatoms. The minimum absolute atomic E-state index is 0.128. The van der Waals surface area contributed by atoms with E-state index in [0.29, 0.717) is 41.1 Å². The summed E-state index contributed by atoms with van der Waals surface area (Å²) in [5.74, 6) is 0.458. The average Bonchev–Trinajstić information content (AvgIpc) is 3.52. The number of halogens is 2. The lowest BCUT2D eigenvalue weighted by Gasteiger charge is -2.15. The van der Waals surface area contributed by atoms with Crippen LogP contribution in [0, 0.1) is 6.92 Å². The first-order valence-corrected chi connectivity index (χ1v) is 12.3. The second-order valence-corrected chi connectivity index (χ2v) is 9.61. The largest absolute Gasteiger partial charge is 0.486 e. The van der Waals surface area contributed by atoms with E-state index in [9.17, 15) is 4.79 Å². The van der Waals surface area contributed by atoms with Crippen LogP contribution in [0.3, 0.4) is 0 Å². The highest BCUT2D eigenvalue weighted by molar-refractivity contribution is 7.09. The number of ether oxygens (including phenoxy) is 2.